The van der Waals surface area contributed by atoms with E-state index in [0.717, 1.165) is 6.07 Å². The number of alkyl halides is 3. The highest BCUT2D eigenvalue weighted by molar-refractivity contribution is 5.93. The summed E-state index contributed by atoms with van der Waals surface area (Å²) < 4.78 is 41.3. The molecule has 138 valence electrons. The van der Waals surface area contributed by atoms with Gasteiger partial charge in [0.05, 0.1) is 18.2 Å². The molecule has 26 heavy (non-hydrogen) atoms. The summed E-state index contributed by atoms with van der Waals surface area (Å²) in [4.78, 5) is 23.7. The molecular weight excluding hydrogens is 349 g/mol. The fourth-order valence-corrected chi connectivity index (χ4v) is 2.35. The van der Waals surface area contributed by atoms with E-state index in [1.54, 1.807) is 30.3 Å². The standard InChI is InChI=1S/C18H17F3N2O3/c1-12(24)22-15(13-7-3-2-4-8-13)11-17(25)23-14-9-5-6-10-16(14)26-18(19,20)21/h2-10,15H,11H2,1H3,(H,22,24)(H,23,25). The van der Waals surface area contributed by atoms with E-state index >= 15 is 0 Å². The number of ether oxygens (including phenoxy) is 1. The molecule has 0 radical (unpaired) electrons. The average Bonchev–Trinajstić information content (AvgIpc) is 2.55. The second kappa shape index (κ2) is 8.37. The van der Waals surface area contributed by atoms with Crippen molar-refractivity contribution < 1.29 is 27.5 Å². The molecule has 0 aliphatic heterocycles. The van der Waals surface area contributed by atoms with Crippen molar-refractivity contribution in [3.8, 4) is 5.75 Å². The van der Waals surface area contributed by atoms with Gasteiger partial charge in [0.1, 0.15) is 0 Å². The summed E-state index contributed by atoms with van der Waals surface area (Å²) in [5, 5.41) is 5.05. The molecule has 0 saturated heterocycles. The van der Waals surface area contributed by atoms with Crippen LogP contribution in [-0.4, -0.2) is 18.2 Å². The van der Waals surface area contributed by atoms with Gasteiger partial charge < -0.3 is 15.4 Å². The Labute approximate surface area is 148 Å². The Morgan fingerprint density at radius 2 is 1.65 bits per heavy atom. The zero-order chi connectivity index (χ0) is 19.2. The maximum absolute atomic E-state index is 12.5. The molecule has 1 atom stereocenters. The van der Waals surface area contributed by atoms with E-state index in [-0.39, 0.29) is 18.0 Å². The van der Waals surface area contributed by atoms with Crippen LogP contribution in [0.5, 0.6) is 5.75 Å². The smallest absolute Gasteiger partial charge is 0.404 e. The van der Waals surface area contributed by atoms with E-state index in [9.17, 15) is 22.8 Å². The molecule has 2 N–H and O–H groups in total. The first-order chi connectivity index (χ1) is 12.2. The van der Waals surface area contributed by atoms with Gasteiger partial charge in [-0.2, -0.15) is 0 Å². The van der Waals surface area contributed by atoms with Crippen LogP contribution in [0.4, 0.5) is 18.9 Å². The van der Waals surface area contributed by atoms with Crippen LogP contribution in [0.3, 0.4) is 0 Å². The van der Waals surface area contributed by atoms with Gasteiger partial charge in [-0.05, 0) is 17.7 Å². The van der Waals surface area contributed by atoms with E-state index in [1.807, 2.05) is 0 Å². The molecule has 0 aliphatic rings. The number of carbonyl (C=O) groups excluding carboxylic acids is 2. The van der Waals surface area contributed by atoms with E-state index in [4.69, 9.17) is 0 Å². The Bertz CT molecular complexity index is 764. The van der Waals surface area contributed by atoms with Crippen molar-refractivity contribution in [2.45, 2.75) is 25.7 Å². The number of hydrogen-bond acceptors (Lipinski definition) is 3. The summed E-state index contributed by atoms with van der Waals surface area (Å²) >= 11 is 0. The highest BCUT2D eigenvalue weighted by atomic mass is 19.4. The van der Waals surface area contributed by atoms with E-state index in [1.165, 1.54) is 25.1 Å². The monoisotopic (exact) mass is 366 g/mol. The van der Waals surface area contributed by atoms with Gasteiger partial charge >= 0.3 is 6.36 Å². The van der Waals surface area contributed by atoms with Crippen molar-refractivity contribution in [2.75, 3.05) is 5.32 Å². The van der Waals surface area contributed by atoms with Crippen LogP contribution in [-0.2, 0) is 9.59 Å². The highest BCUT2D eigenvalue weighted by Gasteiger charge is 2.32. The maximum atomic E-state index is 12.5. The van der Waals surface area contributed by atoms with E-state index in [2.05, 4.69) is 15.4 Å². The highest BCUT2D eigenvalue weighted by Crippen LogP contribution is 2.30. The number of rotatable bonds is 6. The van der Waals surface area contributed by atoms with Crippen molar-refractivity contribution in [3.05, 3.63) is 60.2 Å². The molecule has 0 saturated carbocycles. The molecule has 1 unspecified atom stereocenters. The lowest BCUT2D eigenvalue weighted by Crippen LogP contribution is -2.30. The van der Waals surface area contributed by atoms with Gasteiger partial charge in [-0.1, -0.05) is 42.5 Å². The molecule has 0 bridgehead atoms. The summed E-state index contributed by atoms with van der Waals surface area (Å²) in [6.07, 6.45) is -5.02. The van der Waals surface area contributed by atoms with Crippen molar-refractivity contribution in [2.24, 2.45) is 0 Å². The third-order valence-electron chi connectivity index (χ3n) is 3.36. The summed E-state index contributed by atoms with van der Waals surface area (Å²) in [6.45, 7) is 1.32. The lowest BCUT2D eigenvalue weighted by atomic mass is 10.0. The largest absolute Gasteiger partial charge is 0.573 e. The average molecular weight is 366 g/mol. The quantitative estimate of drug-likeness (QED) is 0.817. The molecule has 8 heteroatoms. The van der Waals surface area contributed by atoms with Gasteiger partial charge in [-0.25, -0.2) is 0 Å². The van der Waals surface area contributed by atoms with Gasteiger partial charge in [0.15, 0.2) is 5.75 Å². The predicted octanol–water partition coefficient (Wildman–Crippen LogP) is 3.79. The summed E-state index contributed by atoms with van der Waals surface area (Å²) in [5.74, 6) is -1.40. The molecule has 2 amide bonds. The Hall–Kier alpha value is -3.03. The van der Waals surface area contributed by atoms with Gasteiger partial charge in [0, 0.05) is 6.92 Å². The van der Waals surface area contributed by atoms with Gasteiger partial charge in [-0.3, -0.25) is 9.59 Å². The topological polar surface area (TPSA) is 67.4 Å². The second-order valence-corrected chi connectivity index (χ2v) is 5.46. The molecule has 0 fully saturated rings. The first-order valence-electron chi connectivity index (χ1n) is 7.71. The fraction of sp³-hybridized carbons (Fsp3) is 0.222. The molecule has 0 spiro atoms. The Balaban J connectivity index is 2.12. The SMILES string of the molecule is CC(=O)NC(CC(=O)Nc1ccccc1OC(F)(F)F)c1ccccc1. The summed E-state index contributed by atoms with van der Waals surface area (Å²) in [5.41, 5.74) is 0.599. The van der Waals surface area contributed by atoms with Crippen molar-refractivity contribution in [3.63, 3.8) is 0 Å². The number of carbonyl (C=O) groups is 2. The van der Waals surface area contributed by atoms with Crippen LogP contribution in [0.15, 0.2) is 54.6 Å². The Kier molecular flexibility index (Phi) is 6.21. The number of halogens is 3. The van der Waals surface area contributed by atoms with Crippen molar-refractivity contribution in [1.82, 2.24) is 5.32 Å². The third kappa shape index (κ3) is 6.12. The number of para-hydroxylation sites is 2. The predicted molar refractivity (Wildman–Crippen MR) is 89.4 cm³/mol. The number of nitrogens with one attached hydrogen (secondary N) is 2. The number of benzene rings is 2. The molecule has 2 rings (SSSR count). The summed E-state index contributed by atoms with van der Waals surface area (Å²) in [7, 11) is 0. The third-order valence-corrected chi connectivity index (χ3v) is 3.36. The van der Waals surface area contributed by atoms with Gasteiger partial charge in [0.25, 0.3) is 0 Å². The van der Waals surface area contributed by atoms with Crippen LogP contribution >= 0.6 is 0 Å². The summed E-state index contributed by atoms with van der Waals surface area (Å²) in [6, 6.07) is 13.4. The molecular formula is C18H17F3N2O3. The maximum Gasteiger partial charge on any atom is 0.573 e. The zero-order valence-electron chi connectivity index (χ0n) is 13.8. The number of hydrogen-bond donors (Lipinski definition) is 2. The van der Waals surface area contributed by atoms with E-state index in [0.29, 0.717) is 5.56 Å². The van der Waals surface area contributed by atoms with Crippen LogP contribution in [0, 0.1) is 0 Å². The number of anilines is 1. The zero-order valence-corrected chi connectivity index (χ0v) is 13.8. The van der Waals surface area contributed by atoms with Crippen LogP contribution in [0.1, 0.15) is 24.9 Å². The second-order valence-electron chi connectivity index (χ2n) is 5.46. The molecule has 0 aliphatic carbocycles. The van der Waals surface area contributed by atoms with Crippen LogP contribution < -0.4 is 15.4 Å². The first kappa shape index (κ1) is 19.3. The normalized spacial score (nSPS) is 12.2. The molecule has 2 aromatic rings. The van der Waals surface area contributed by atoms with Crippen molar-refractivity contribution in [1.29, 1.82) is 0 Å². The minimum absolute atomic E-state index is 0.107. The molecule has 2 aromatic carbocycles. The minimum Gasteiger partial charge on any atom is -0.404 e. The molecule has 0 heterocycles. The van der Waals surface area contributed by atoms with Crippen molar-refractivity contribution >= 4 is 17.5 Å². The van der Waals surface area contributed by atoms with Crippen LogP contribution in [0.2, 0.25) is 0 Å². The first-order valence-corrected chi connectivity index (χ1v) is 7.71. The van der Waals surface area contributed by atoms with Crippen LogP contribution in [0.25, 0.3) is 0 Å². The van der Waals surface area contributed by atoms with Gasteiger partial charge in [-0.15, -0.1) is 13.2 Å². The lowest BCUT2D eigenvalue weighted by molar-refractivity contribution is -0.274. The lowest BCUT2D eigenvalue weighted by Gasteiger charge is -2.19. The molecule has 5 nitrogen and oxygen atoms in total. The minimum atomic E-state index is -4.87. The Morgan fingerprint density at radius 3 is 2.27 bits per heavy atom. The fourth-order valence-electron chi connectivity index (χ4n) is 2.35. The van der Waals surface area contributed by atoms with Gasteiger partial charge in [0.2, 0.25) is 11.8 Å². The number of amides is 2. The molecule has 0 aromatic heterocycles. The van der Waals surface area contributed by atoms with E-state index < -0.39 is 24.1 Å². The Morgan fingerprint density at radius 1 is 1.04 bits per heavy atom.